The summed E-state index contributed by atoms with van der Waals surface area (Å²) < 4.78 is 0. The summed E-state index contributed by atoms with van der Waals surface area (Å²) in [6, 6.07) is 0. The molecule has 0 spiro atoms. The fourth-order valence-electron chi connectivity index (χ4n) is 4.34. The molecule has 2 saturated carbocycles. The Morgan fingerprint density at radius 2 is 1.94 bits per heavy atom. The van der Waals surface area contributed by atoms with E-state index in [-0.39, 0.29) is 5.92 Å². The predicted octanol–water partition coefficient (Wildman–Crippen LogP) is 1.93. The molecule has 3 fully saturated rings. The van der Waals surface area contributed by atoms with Crippen molar-refractivity contribution in [2.45, 2.75) is 44.9 Å². The van der Waals surface area contributed by atoms with E-state index < -0.39 is 0 Å². The molecule has 0 aromatic heterocycles. The first-order valence-electron chi connectivity index (χ1n) is 7.81. The molecule has 18 heavy (non-hydrogen) atoms. The smallest absolute Gasteiger partial charge is 0.223 e. The molecule has 0 radical (unpaired) electrons. The predicted molar refractivity (Wildman–Crippen MR) is 72.2 cm³/mol. The SMILES string of the molecule is O=C(NCCC1CC2CCC1C2)C1CCNCC1. The molecule has 3 rings (SSSR count). The summed E-state index contributed by atoms with van der Waals surface area (Å²) >= 11 is 0. The first-order valence-corrected chi connectivity index (χ1v) is 7.81. The van der Waals surface area contributed by atoms with Crippen LogP contribution in [-0.2, 0) is 4.79 Å². The van der Waals surface area contributed by atoms with Crippen molar-refractivity contribution in [3.05, 3.63) is 0 Å². The maximum Gasteiger partial charge on any atom is 0.223 e. The number of piperidine rings is 1. The molecule has 3 unspecified atom stereocenters. The van der Waals surface area contributed by atoms with Gasteiger partial charge < -0.3 is 10.6 Å². The lowest BCUT2D eigenvalue weighted by atomic mass is 9.86. The molecule has 2 N–H and O–H groups in total. The Kier molecular flexibility index (Phi) is 3.88. The van der Waals surface area contributed by atoms with E-state index in [0.29, 0.717) is 5.91 Å². The van der Waals surface area contributed by atoms with Crippen LogP contribution < -0.4 is 10.6 Å². The molecule has 3 atom stereocenters. The lowest BCUT2D eigenvalue weighted by molar-refractivity contribution is -0.125. The van der Waals surface area contributed by atoms with Crippen LogP contribution in [0.25, 0.3) is 0 Å². The Balaban J connectivity index is 1.35. The van der Waals surface area contributed by atoms with Gasteiger partial charge in [0.15, 0.2) is 0 Å². The third-order valence-corrected chi connectivity index (χ3v) is 5.41. The van der Waals surface area contributed by atoms with Gasteiger partial charge in [0.2, 0.25) is 5.91 Å². The summed E-state index contributed by atoms with van der Waals surface area (Å²) in [6.45, 7) is 2.92. The Morgan fingerprint density at radius 1 is 1.11 bits per heavy atom. The molecule has 0 aromatic carbocycles. The normalized spacial score (nSPS) is 35.9. The summed E-state index contributed by atoms with van der Waals surface area (Å²) in [5.74, 6) is 3.51. The number of nitrogens with one attached hydrogen (secondary N) is 2. The second kappa shape index (κ2) is 5.60. The van der Waals surface area contributed by atoms with Crippen LogP contribution in [0.5, 0.6) is 0 Å². The summed E-state index contributed by atoms with van der Waals surface area (Å²) in [7, 11) is 0. The van der Waals surface area contributed by atoms with Crippen LogP contribution in [-0.4, -0.2) is 25.5 Å². The van der Waals surface area contributed by atoms with Crippen LogP contribution in [0.2, 0.25) is 0 Å². The van der Waals surface area contributed by atoms with Crippen LogP contribution in [0.1, 0.15) is 44.9 Å². The number of fused-ring (bicyclic) bond motifs is 2. The molecular weight excluding hydrogens is 224 g/mol. The number of carbonyl (C=O) groups is 1. The highest BCUT2D eigenvalue weighted by Crippen LogP contribution is 2.49. The average Bonchev–Trinajstić information content (AvgIpc) is 3.02. The molecule has 3 nitrogen and oxygen atoms in total. The van der Waals surface area contributed by atoms with Gasteiger partial charge in [-0.05, 0) is 69.4 Å². The van der Waals surface area contributed by atoms with Gasteiger partial charge in [-0.2, -0.15) is 0 Å². The minimum Gasteiger partial charge on any atom is -0.356 e. The summed E-state index contributed by atoms with van der Waals surface area (Å²) in [6.07, 6.45) is 9.10. The highest BCUT2D eigenvalue weighted by molar-refractivity contribution is 5.78. The van der Waals surface area contributed by atoms with Crippen molar-refractivity contribution < 1.29 is 4.79 Å². The van der Waals surface area contributed by atoms with Crippen molar-refractivity contribution in [2.75, 3.05) is 19.6 Å². The second-order valence-corrected chi connectivity index (χ2v) is 6.54. The van der Waals surface area contributed by atoms with Gasteiger partial charge in [-0.3, -0.25) is 4.79 Å². The first-order chi connectivity index (χ1) is 8.83. The largest absolute Gasteiger partial charge is 0.356 e. The van der Waals surface area contributed by atoms with Crippen LogP contribution in [0.15, 0.2) is 0 Å². The lowest BCUT2D eigenvalue weighted by Crippen LogP contribution is -2.38. The van der Waals surface area contributed by atoms with Crippen molar-refractivity contribution >= 4 is 5.91 Å². The minimum atomic E-state index is 0.270. The quantitative estimate of drug-likeness (QED) is 0.800. The molecular formula is C15H26N2O. The van der Waals surface area contributed by atoms with Crippen LogP contribution in [0.4, 0.5) is 0 Å². The van der Waals surface area contributed by atoms with Crippen LogP contribution in [0.3, 0.4) is 0 Å². The molecule has 0 aromatic rings. The maximum absolute atomic E-state index is 12.0. The first kappa shape index (κ1) is 12.5. The van der Waals surface area contributed by atoms with E-state index >= 15 is 0 Å². The molecule has 3 aliphatic rings. The van der Waals surface area contributed by atoms with E-state index in [2.05, 4.69) is 10.6 Å². The second-order valence-electron chi connectivity index (χ2n) is 6.54. The number of amides is 1. The Hall–Kier alpha value is -0.570. The average molecular weight is 250 g/mol. The summed E-state index contributed by atoms with van der Waals surface area (Å²) in [4.78, 5) is 12.0. The van der Waals surface area contributed by atoms with Crippen molar-refractivity contribution in [1.82, 2.24) is 10.6 Å². The van der Waals surface area contributed by atoms with E-state index in [4.69, 9.17) is 0 Å². The van der Waals surface area contributed by atoms with E-state index in [1.54, 1.807) is 0 Å². The molecule has 3 heteroatoms. The Labute approximate surface area is 110 Å². The van der Waals surface area contributed by atoms with E-state index in [9.17, 15) is 4.79 Å². The third-order valence-electron chi connectivity index (χ3n) is 5.41. The van der Waals surface area contributed by atoms with Crippen molar-refractivity contribution in [2.24, 2.45) is 23.7 Å². The van der Waals surface area contributed by atoms with E-state index in [1.165, 1.54) is 32.1 Å². The van der Waals surface area contributed by atoms with Gasteiger partial charge in [0, 0.05) is 12.5 Å². The highest BCUT2D eigenvalue weighted by Gasteiger charge is 2.38. The molecule has 1 heterocycles. The molecule has 2 bridgehead atoms. The number of carbonyl (C=O) groups excluding carboxylic acids is 1. The monoisotopic (exact) mass is 250 g/mol. The Bertz CT molecular complexity index is 299. The molecule has 1 saturated heterocycles. The number of rotatable bonds is 4. The molecule has 2 aliphatic carbocycles. The third kappa shape index (κ3) is 2.71. The standard InChI is InChI=1S/C15H26N2O/c18-15(12-3-6-16-7-4-12)17-8-5-14-10-11-1-2-13(14)9-11/h11-14,16H,1-10H2,(H,17,18). The fourth-order valence-corrected chi connectivity index (χ4v) is 4.34. The zero-order valence-electron chi connectivity index (χ0n) is 11.3. The fraction of sp³-hybridized carbons (Fsp3) is 0.933. The number of hydrogen-bond donors (Lipinski definition) is 2. The van der Waals surface area contributed by atoms with E-state index in [1.807, 2.05) is 0 Å². The summed E-state index contributed by atoms with van der Waals surface area (Å²) in [5, 5.41) is 6.48. The highest BCUT2D eigenvalue weighted by atomic mass is 16.1. The van der Waals surface area contributed by atoms with Crippen molar-refractivity contribution in [3.8, 4) is 0 Å². The van der Waals surface area contributed by atoms with Gasteiger partial charge in [0.05, 0.1) is 0 Å². The zero-order chi connectivity index (χ0) is 12.4. The number of hydrogen-bond acceptors (Lipinski definition) is 2. The van der Waals surface area contributed by atoms with Crippen molar-refractivity contribution in [1.29, 1.82) is 0 Å². The van der Waals surface area contributed by atoms with E-state index in [0.717, 1.165) is 50.2 Å². The lowest BCUT2D eigenvalue weighted by Gasteiger charge is -2.24. The van der Waals surface area contributed by atoms with Gasteiger partial charge in [0.25, 0.3) is 0 Å². The van der Waals surface area contributed by atoms with Crippen LogP contribution >= 0.6 is 0 Å². The topological polar surface area (TPSA) is 41.1 Å². The van der Waals surface area contributed by atoms with Crippen molar-refractivity contribution in [3.63, 3.8) is 0 Å². The zero-order valence-corrected chi connectivity index (χ0v) is 11.3. The Morgan fingerprint density at radius 3 is 2.61 bits per heavy atom. The van der Waals surface area contributed by atoms with Gasteiger partial charge in [-0.1, -0.05) is 6.42 Å². The molecule has 1 amide bonds. The van der Waals surface area contributed by atoms with Gasteiger partial charge >= 0.3 is 0 Å². The van der Waals surface area contributed by atoms with Gasteiger partial charge in [-0.15, -0.1) is 0 Å². The van der Waals surface area contributed by atoms with Gasteiger partial charge in [-0.25, -0.2) is 0 Å². The molecule has 102 valence electrons. The maximum atomic E-state index is 12.0. The summed E-state index contributed by atoms with van der Waals surface area (Å²) in [5.41, 5.74) is 0. The van der Waals surface area contributed by atoms with Crippen LogP contribution in [0, 0.1) is 23.7 Å². The molecule has 1 aliphatic heterocycles. The minimum absolute atomic E-state index is 0.270. The van der Waals surface area contributed by atoms with Gasteiger partial charge in [0.1, 0.15) is 0 Å².